The molecule has 1 aromatic rings. The van der Waals surface area contributed by atoms with Gasteiger partial charge in [-0.15, -0.1) is 0 Å². The molecule has 0 radical (unpaired) electrons. The van der Waals surface area contributed by atoms with Crippen molar-refractivity contribution in [3.8, 4) is 17.6 Å². The van der Waals surface area contributed by atoms with Crippen molar-refractivity contribution >= 4 is 0 Å². The lowest BCUT2D eigenvalue weighted by Crippen LogP contribution is -2.25. The maximum Gasteiger partial charge on any atom is 0.119 e. The molecule has 2 fully saturated rings. The van der Waals surface area contributed by atoms with Crippen molar-refractivity contribution in [2.24, 2.45) is 23.7 Å². The van der Waals surface area contributed by atoms with Crippen LogP contribution in [-0.2, 0) is 0 Å². The van der Waals surface area contributed by atoms with E-state index >= 15 is 0 Å². The molecule has 0 N–H and O–H groups in total. The SMILES string of the molecule is CCCCCC1CCC(C2CCC(C=CC#Cc3ccc(OCCCC)cc3)CC2)CC1. The van der Waals surface area contributed by atoms with E-state index in [1.54, 1.807) is 0 Å². The van der Waals surface area contributed by atoms with Crippen LogP contribution in [0.2, 0.25) is 0 Å². The van der Waals surface area contributed by atoms with Gasteiger partial charge < -0.3 is 4.74 Å². The average Bonchev–Trinajstić information content (AvgIpc) is 2.84. The average molecular weight is 435 g/mol. The Bertz CT molecular complexity index is 703. The van der Waals surface area contributed by atoms with Crippen LogP contribution in [0.1, 0.15) is 109 Å². The van der Waals surface area contributed by atoms with Gasteiger partial charge in [-0.05, 0) is 99.0 Å². The summed E-state index contributed by atoms with van der Waals surface area (Å²) in [5.74, 6) is 11.3. The lowest BCUT2D eigenvalue weighted by atomic mass is 9.68. The predicted octanol–water partition coefficient (Wildman–Crippen LogP) is 8.97. The summed E-state index contributed by atoms with van der Waals surface area (Å²) in [5, 5.41) is 0. The van der Waals surface area contributed by atoms with Crippen LogP contribution in [0, 0.1) is 35.5 Å². The Hall–Kier alpha value is -1.68. The third-order valence-electron chi connectivity index (χ3n) is 7.88. The molecule has 2 aliphatic rings. The molecular weight excluding hydrogens is 388 g/mol. The molecule has 176 valence electrons. The summed E-state index contributed by atoms with van der Waals surface area (Å²) in [4.78, 5) is 0. The van der Waals surface area contributed by atoms with Gasteiger partial charge in [-0.3, -0.25) is 0 Å². The van der Waals surface area contributed by atoms with E-state index < -0.39 is 0 Å². The van der Waals surface area contributed by atoms with E-state index in [-0.39, 0.29) is 0 Å². The number of hydrogen-bond acceptors (Lipinski definition) is 1. The third kappa shape index (κ3) is 8.69. The van der Waals surface area contributed by atoms with Crippen molar-refractivity contribution in [3.05, 3.63) is 42.0 Å². The second kappa shape index (κ2) is 14.5. The van der Waals surface area contributed by atoms with Gasteiger partial charge in [-0.25, -0.2) is 0 Å². The first-order chi connectivity index (χ1) is 15.8. The van der Waals surface area contributed by atoms with Gasteiger partial charge in [-0.1, -0.05) is 76.7 Å². The number of unbranched alkanes of at least 4 members (excludes halogenated alkanes) is 3. The van der Waals surface area contributed by atoms with Gasteiger partial charge in [0.15, 0.2) is 0 Å². The van der Waals surface area contributed by atoms with Crippen molar-refractivity contribution in [2.75, 3.05) is 6.61 Å². The fourth-order valence-electron chi connectivity index (χ4n) is 5.72. The van der Waals surface area contributed by atoms with Crippen molar-refractivity contribution in [2.45, 2.75) is 104 Å². The zero-order valence-electron chi connectivity index (χ0n) is 20.8. The van der Waals surface area contributed by atoms with E-state index in [1.807, 2.05) is 12.1 Å². The predicted molar refractivity (Wildman–Crippen MR) is 138 cm³/mol. The molecule has 0 aliphatic heterocycles. The van der Waals surface area contributed by atoms with Crippen molar-refractivity contribution in [1.82, 2.24) is 0 Å². The molecule has 0 amide bonds. The normalized spacial score (nSPS) is 25.9. The highest BCUT2D eigenvalue weighted by Gasteiger charge is 2.30. The van der Waals surface area contributed by atoms with Gasteiger partial charge in [0.1, 0.15) is 5.75 Å². The molecular formula is C31H46O. The van der Waals surface area contributed by atoms with Gasteiger partial charge in [0.2, 0.25) is 0 Å². The minimum atomic E-state index is 0.736. The zero-order valence-corrected chi connectivity index (χ0v) is 20.8. The first-order valence-corrected chi connectivity index (χ1v) is 13.7. The number of benzene rings is 1. The Morgan fingerprint density at radius 2 is 1.47 bits per heavy atom. The molecule has 1 nitrogen and oxygen atoms in total. The quantitative estimate of drug-likeness (QED) is 0.264. The molecule has 2 aliphatic carbocycles. The van der Waals surface area contributed by atoms with E-state index in [2.05, 4.69) is 50.0 Å². The van der Waals surface area contributed by atoms with Crippen LogP contribution in [0.3, 0.4) is 0 Å². The van der Waals surface area contributed by atoms with Gasteiger partial charge in [0, 0.05) is 5.56 Å². The molecule has 0 spiro atoms. The second-order valence-electron chi connectivity index (χ2n) is 10.3. The minimum Gasteiger partial charge on any atom is -0.494 e. The molecule has 2 saturated carbocycles. The number of hydrogen-bond donors (Lipinski definition) is 0. The smallest absolute Gasteiger partial charge is 0.119 e. The highest BCUT2D eigenvalue weighted by molar-refractivity contribution is 5.40. The van der Waals surface area contributed by atoms with Crippen LogP contribution >= 0.6 is 0 Å². The topological polar surface area (TPSA) is 9.23 Å². The fourth-order valence-corrected chi connectivity index (χ4v) is 5.72. The van der Waals surface area contributed by atoms with Crippen LogP contribution in [-0.4, -0.2) is 6.61 Å². The van der Waals surface area contributed by atoms with E-state index in [0.717, 1.165) is 54.4 Å². The van der Waals surface area contributed by atoms with Crippen LogP contribution in [0.15, 0.2) is 36.4 Å². The summed E-state index contributed by atoms with van der Waals surface area (Å²) in [7, 11) is 0. The van der Waals surface area contributed by atoms with Gasteiger partial charge >= 0.3 is 0 Å². The summed E-state index contributed by atoms with van der Waals surface area (Å²) in [6.45, 7) is 5.30. The molecule has 0 atom stereocenters. The molecule has 1 aromatic carbocycles. The largest absolute Gasteiger partial charge is 0.494 e. The number of allylic oxidation sites excluding steroid dienone is 2. The molecule has 0 heterocycles. The van der Waals surface area contributed by atoms with Crippen LogP contribution in [0.4, 0.5) is 0 Å². The Balaban J connectivity index is 1.33. The summed E-state index contributed by atoms with van der Waals surface area (Å²) in [6, 6.07) is 8.18. The van der Waals surface area contributed by atoms with Crippen molar-refractivity contribution in [1.29, 1.82) is 0 Å². The maximum atomic E-state index is 5.72. The highest BCUT2D eigenvalue weighted by Crippen LogP contribution is 2.42. The van der Waals surface area contributed by atoms with Crippen LogP contribution in [0.25, 0.3) is 0 Å². The standard InChI is InChI=1S/C31H46O/c1-3-5-7-10-26-13-19-29(20-14-26)30-21-15-27(16-22-30)11-8-9-12-28-17-23-31(24-18-28)32-25-6-4-2/h8,11,17-18,23-24,26-27,29-30H,3-7,10,13-16,19-22,25H2,1-2H3. The van der Waals surface area contributed by atoms with Crippen molar-refractivity contribution < 1.29 is 4.74 Å². The first-order valence-electron chi connectivity index (χ1n) is 13.7. The van der Waals surface area contributed by atoms with Gasteiger partial charge in [0.25, 0.3) is 0 Å². The van der Waals surface area contributed by atoms with E-state index in [1.165, 1.54) is 77.0 Å². The molecule has 0 bridgehead atoms. The van der Waals surface area contributed by atoms with E-state index in [0.29, 0.717) is 0 Å². The monoisotopic (exact) mass is 434 g/mol. The molecule has 1 heteroatoms. The van der Waals surface area contributed by atoms with Crippen LogP contribution < -0.4 is 4.74 Å². The lowest BCUT2D eigenvalue weighted by Gasteiger charge is -2.37. The molecule has 32 heavy (non-hydrogen) atoms. The number of ether oxygens (including phenoxy) is 1. The number of rotatable bonds is 10. The highest BCUT2D eigenvalue weighted by atomic mass is 16.5. The molecule has 0 saturated heterocycles. The van der Waals surface area contributed by atoms with Crippen LogP contribution in [0.5, 0.6) is 5.75 Å². The van der Waals surface area contributed by atoms with Crippen molar-refractivity contribution in [3.63, 3.8) is 0 Å². The Kier molecular flexibility index (Phi) is 11.3. The Morgan fingerprint density at radius 1 is 0.812 bits per heavy atom. The summed E-state index contributed by atoms with van der Waals surface area (Å²) in [6.07, 6.45) is 24.1. The summed E-state index contributed by atoms with van der Waals surface area (Å²) >= 11 is 0. The summed E-state index contributed by atoms with van der Waals surface area (Å²) < 4.78 is 5.72. The van der Waals surface area contributed by atoms with Gasteiger partial charge in [-0.2, -0.15) is 0 Å². The third-order valence-corrected chi connectivity index (χ3v) is 7.88. The lowest BCUT2D eigenvalue weighted by molar-refractivity contribution is 0.151. The van der Waals surface area contributed by atoms with Gasteiger partial charge in [0.05, 0.1) is 6.61 Å². The molecule has 3 rings (SSSR count). The Morgan fingerprint density at radius 3 is 2.12 bits per heavy atom. The Labute approximate surface area is 198 Å². The van der Waals surface area contributed by atoms with E-state index in [4.69, 9.17) is 4.74 Å². The minimum absolute atomic E-state index is 0.736. The first kappa shape index (κ1) is 25.0. The fraction of sp³-hybridized carbons (Fsp3) is 0.677. The second-order valence-corrected chi connectivity index (χ2v) is 10.3. The molecule has 0 unspecified atom stereocenters. The maximum absolute atomic E-state index is 5.72. The van der Waals surface area contributed by atoms with E-state index in [9.17, 15) is 0 Å². The zero-order chi connectivity index (χ0) is 22.4. The summed E-state index contributed by atoms with van der Waals surface area (Å²) in [5.41, 5.74) is 1.06. The molecule has 0 aromatic heterocycles.